The predicted molar refractivity (Wildman–Crippen MR) is 93.1 cm³/mol. The van der Waals surface area contributed by atoms with Crippen molar-refractivity contribution in [3.05, 3.63) is 41.5 Å². The molecule has 1 aliphatic rings. The molecule has 1 saturated carbocycles. The normalized spacial score (nSPS) is 14.8. The van der Waals surface area contributed by atoms with Gasteiger partial charge in [-0.25, -0.2) is 0 Å². The summed E-state index contributed by atoms with van der Waals surface area (Å²) in [6, 6.07) is 7.66. The fourth-order valence-electron chi connectivity index (χ4n) is 2.06. The molecule has 1 fully saturated rings. The van der Waals surface area contributed by atoms with E-state index in [4.69, 9.17) is 0 Å². The Hall–Kier alpha value is -2.10. The van der Waals surface area contributed by atoms with Crippen molar-refractivity contribution in [1.29, 1.82) is 0 Å². The Morgan fingerprint density at radius 3 is 2.39 bits per heavy atom. The zero-order valence-electron chi connectivity index (χ0n) is 14.4. The average Bonchev–Trinajstić information content (AvgIpc) is 3.36. The number of benzene rings is 1. The van der Waals surface area contributed by atoms with Crippen molar-refractivity contribution in [3.8, 4) is 0 Å². The van der Waals surface area contributed by atoms with Gasteiger partial charge in [-0.1, -0.05) is 19.1 Å². The van der Waals surface area contributed by atoms with E-state index in [1.54, 1.807) is 29.2 Å². The van der Waals surface area contributed by atoms with E-state index in [1.165, 1.54) is 0 Å². The molecule has 1 N–H and O–H groups in total. The summed E-state index contributed by atoms with van der Waals surface area (Å²) in [6.45, 7) is 6.16. The lowest BCUT2D eigenvalue weighted by atomic mass is 10.00. The molecule has 0 saturated heterocycles. The molecule has 2 rings (SSSR count). The van der Waals surface area contributed by atoms with Crippen molar-refractivity contribution < 1.29 is 9.59 Å². The first-order valence-corrected chi connectivity index (χ1v) is 8.20. The maximum absolute atomic E-state index is 12.2. The summed E-state index contributed by atoms with van der Waals surface area (Å²) in [5.74, 6) is -0.0454. The molecule has 0 aromatic heterocycles. The molecule has 1 aromatic rings. The average molecular weight is 314 g/mol. The molecule has 0 radical (unpaired) electrons. The van der Waals surface area contributed by atoms with Gasteiger partial charge in [-0.2, -0.15) is 0 Å². The van der Waals surface area contributed by atoms with Gasteiger partial charge in [0.05, 0.1) is 0 Å². The second-order valence-corrected chi connectivity index (χ2v) is 6.77. The topological polar surface area (TPSA) is 49.4 Å². The third kappa shape index (κ3) is 4.68. The summed E-state index contributed by atoms with van der Waals surface area (Å²) in [4.78, 5) is 25.9. The summed E-state index contributed by atoms with van der Waals surface area (Å²) in [7, 11) is 1.82. The molecule has 0 aliphatic heterocycles. The molecule has 1 aliphatic carbocycles. The van der Waals surface area contributed by atoms with E-state index in [9.17, 15) is 9.59 Å². The first-order valence-electron chi connectivity index (χ1n) is 8.20. The van der Waals surface area contributed by atoms with Gasteiger partial charge in [-0.15, -0.1) is 0 Å². The van der Waals surface area contributed by atoms with E-state index in [0.29, 0.717) is 11.6 Å². The van der Waals surface area contributed by atoms with Gasteiger partial charge in [0, 0.05) is 30.3 Å². The van der Waals surface area contributed by atoms with Crippen molar-refractivity contribution in [2.24, 2.45) is 0 Å². The molecule has 4 nitrogen and oxygen atoms in total. The molecular weight excluding hydrogens is 288 g/mol. The van der Waals surface area contributed by atoms with Gasteiger partial charge in [0.2, 0.25) is 5.91 Å². The fraction of sp³-hybridized carbons (Fsp3) is 0.474. The molecule has 0 spiro atoms. The van der Waals surface area contributed by atoms with Crippen LogP contribution in [-0.4, -0.2) is 35.3 Å². The van der Waals surface area contributed by atoms with Crippen molar-refractivity contribution >= 4 is 17.9 Å². The van der Waals surface area contributed by atoms with Gasteiger partial charge in [0.15, 0.2) is 0 Å². The highest BCUT2D eigenvalue weighted by molar-refractivity contribution is 5.95. The van der Waals surface area contributed by atoms with E-state index < -0.39 is 0 Å². The van der Waals surface area contributed by atoms with Gasteiger partial charge in [-0.3, -0.25) is 9.59 Å². The van der Waals surface area contributed by atoms with Gasteiger partial charge in [-0.05, 0) is 56.9 Å². The van der Waals surface area contributed by atoms with Crippen LogP contribution in [-0.2, 0) is 4.79 Å². The third-order valence-electron chi connectivity index (χ3n) is 4.61. The van der Waals surface area contributed by atoms with Crippen LogP contribution in [0.4, 0.5) is 0 Å². The summed E-state index contributed by atoms with van der Waals surface area (Å²) in [5.41, 5.74) is 1.40. The Kier molecular flexibility index (Phi) is 5.24. The van der Waals surface area contributed by atoms with E-state index in [0.717, 1.165) is 24.8 Å². The summed E-state index contributed by atoms with van der Waals surface area (Å²) < 4.78 is 0. The van der Waals surface area contributed by atoms with Gasteiger partial charge in [0.1, 0.15) is 0 Å². The summed E-state index contributed by atoms with van der Waals surface area (Å²) >= 11 is 0. The maximum atomic E-state index is 12.2. The Morgan fingerprint density at radius 1 is 1.26 bits per heavy atom. The highest BCUT2D eigenvalue weighted by Gasteiger charge is 2.24. The quantitative estimate of drug-likeness (QED) is 0.820. The van der Waals surface area contributed by atoms with Crippen LogP contribution in [0.1, 0.15) is 56.0 Å². The first-order chi connectivity index (χ1) is 10.8. The molecule has 2 amide bonds. The van der Waals surface area contributed by atoms with Crippen LogP contribution in [0.25, 0.3) is 6.08 Å². The minimum Gasteiger partial charge on any atom is -0.349 e. The first kappa shape index (κ1) is 17.3. The Morgan fingerprint density at radius 2 is 1.87 bits per heavy atom. The zero-order chi connectivity index (χ0) is 17.0. The van der Waals surface area contributed by atoms with Crippen molar-refractivity contribution in [2.45, 2.75) is 51.6 Å². The van der Waals surface area contributed by atoms with Crippen LogP contribution in [0, 0.1) is 0 Å². The molecule has 4 heteroatoms. The molecule has 23 heavy (non-hydrogen) atoms. The maximum Gasteiger partial charge on any atom is 0.251 e. The largest absolute Gasteiger partial charge is 0.349 e. The van der Waals surface area contributed by atoms with E-state index in [-0.39, 0.29) is 17.4 Å². The van der Waals surface area contributed by atoms with Gasteiger partial charge < -0.3 is 10.2 Å². The lowest BCUT2D eigenvalue weighted by molar-refractivity contribution is -0.129. The number of hydrogen-bond donors (Lipinski definition) is 1. The molecule has 0 unspecified atom stereocenters. The number of likely N-dealkylation sites (N-methyl/N-ethyl adjacent to an activating group) is 1. The van der Waals surface area contributed by atoms with Crippen LogP contribution < -0.4 is 5.32 Å². The van der Waals surface area contributed by atoms with E-state index >= 15 is 0 Å². The van der Waals surface area contributed by atoms with Crippen molar-refractivity contribution in [3.63, 3.8) is 0 Å². The zero-order valence-corrected chi connectivity index (χ0v) is 14.4. The van der Waals surface area contributed by atoms with Crippen LogP contribution in [0.3, 0.4) is 0 Å². The molecule has 1 aromatic carbocycles. The van der Waals surface area contributed by atoms with Crippen molar-refractivity contribution in [2.75, 3.05) is 7.05 Å². The fourth-order valence-corrected chi connectivity index (χ4v) is 2.06. The second-order valence-electron chi connectivity index (χ2n) is 6.77. The molecule has 0 heterocycles. The van der Waals surface area contributed by atoms with Crippen LogP contribution in [0.15, 0.2) is 30.3 Å². The highest BCUT2D eigenvalue weighted by Crippen LogP contribution is 2.20. The molecule has 124 valence electrons. The lowest BCUT2D eigenvalue weighted by Crippen LogP contribution is -2.43. The SMILES string of the molecule is CCC(C)(C)N(C)C(=O)/C=C\c1ccc(C(=O)NC2CC2)cc1. The number of amides is 2. The number of nitrogens with one attached hydrogen (secondary N) is 1. The van der Waals surface area contributed by atoms with Crippen molar-refractivity contribution in [1.82, 2.24) is 10.2 Å². The standard InChI is InChI=1S/C19H26N2O2/c1-5-19(2,3)21(4)17(22)13-8-14-6-9-15(10-7-14)18(23)20-16-11-12-16/h6-10,13,16H,5,11-12H2,1-4H3,(H,20,23)/b13-8-. The predicted octanol–water partition coefficient (Wildman–Crippen LogP) is 3.24. The minimum atomic E-state index is -0.161. The van der Waals surface area contributed by atoms with Crippen LogP contribution in [0.5, 0.6) is 0 Å². The Labute approximate surface area is 138 Å². The summed E-state index contributed by atoms with van der Waals surface area (Å²) in [6.07, 6.45) is 6.42. The van der Waals surface area contributed by atoms with E-state index in [1.807, 2.05) is 33.0 Å². The molecule has 0 bridgehead atoms. The Bertz CT molecular complexity index is 598. The van der Waals surface area contributed by atoms with Crippen LogP contribution in [0.2, 0.25) is 0 Å². The smallest absolute Gasteiger partial charge is 0.251 e. The van der Waals surface area contributed by atoms with Crippen LogP contribution >= 0.6 is 0 Å². The Balaban J connectivity index is 1.97. The second kappa shape index (κ2) is 6.99. The van der Waals surface area contributed by atoms with Gasteiger partial charge in [0.25, 0.3) is 5.91 Å². The number of rotatable bonds is 6. The third-order valence-corrected chi connectivity index (χ3v) is 4.61. The highest BCUT2D eigenvalue weighted by atomic mass is 16.2. The number of carbonyl (C=O) groups is 2. The monoisotopic (exact) mass is 314 g/mol. The lowest BCUT2D eigenvalue weighted by Gasteiger charge is -2.34. The minimum absolute atomic E-state index is 0.0209. The number of hydrogen-bond acceptors (Lipinski definition) is 2. The molecule has 0 atom stereocenters. The molecular formula is C19H26N2O2. The van der Waals surface area contributed by atoms with Gasteiger partial charge >= 0.3 is 0 Å². The van der Waals surface area contributed by atoms with E-state index in [2.05, 4.69) is 12.2 Å². The summed E-state index contributed by atoms with van der Waals surface area (Å²) in [5, 5.41) is 2.96. The number of nitrogens with zero attached hydrogens (tertiary/aromatic N) is 1. The number of carbonyl (C=O) groups excluding carboxylic acids is 2.